The van der Waals surface area contributed by atoms with Gasteiger partial charge in [-0.3, -0.25) is 4.79 Å². The zero-order valence-corrected chi connectivity index (χ0v) is 23.9. The molecular formula is C32H38O10. The van der Waals surface area contributed by atoms with Gasteiger partial charge in [-0.1, -0.05) is 50.2 Å². The standard InChI is InChI=1S/C32H38O10/c1-17(2)11-12-32(40)24(16-33)42-31(28(36)29(32)37)41-23-15-21(30(38)39)14-20-13-18(3)25(27(35)26(20)23)22(34)10-9-19-7-5-4-6-8-19/h4-8,13-15,17,24,28-29,31,33,35-37,40H,9-12,16H2,1-3H3,(H,38,39)/t24-,28-,29-,31+,32-/m1/s1. The monoisotopic (exact) mass is 582 g/mol. The molecule has 1 aliphatic rings. The minimum absolute atomic E-state index is 0.0140. The molecular weight excluding hydrogens is 544 g/mol. The lowest BCUT2D eigenvalue weighted by atomic mass is 9.79. The molecule has 0 aromatic heterocycles. The third-order valence-corrected chi connectivity index (χ3v) is 7.88. The Morgan fingerprint density at radius 2 is 1.79 bits per heavy atom. The number of carbonyl (C=O) groups is 2. The first-order valence-corrected chi connectivity index (χ1v) is 14.0. The number of rotatable bonds is 11. The maximum absolute atomic E-state index is 13.3. The van der Waals surface area contributed by atoms with Gasteiger partial charge in [0.2, 0.25) is 6.29 Å². The Morgan fingerprint density at radius 1 is 1.10 bits per heavy atom. The highest BCUT2D eigenvalue weighted by Crippen LogP contribution is 2.42. The first kappa shape index (κ1) is 31.4. The number of aliphatic hydroxyl groups excluding tert-OH is 3. The summed E-state index contributed by atoms with van der Waals surface area (Å²) in [7, 11) is 0. The van der Waals surface area contributed by atoms with E-state index in [-0.39, 0.29) is 52.2 Å². The zero-order chi connectivity index (χ0) is 30.8. The van der Waals surface area contributed by atoms with Crippen molar-refractivity contribution in [3.63, 3.8) is 0 Å². The van der Waals surface area contributed by atoms with Crippen LogP contribution in [0.4, 0.5) is 0 Å². The minimum atomic E-state index is -1.97. The van der Waals surface area contributed by atoms with Crippen molar-refractivity contribution < 1.29 is 49.7 Å². The van der Waals surface area contributed by atoms with E-state index in [2.05, 4.69) is 0 Å². The van der Waals surface area contributed by atoms with Gasteiger partial charge in [-0.25, -0.2) is 4.79 Å². The van der Waals surface area contributed by atoms with Gasteiger partial charge in [0.25, 0.3) is 0 Å². The summed E-state index contributed by atoms with van der Waals surface area (Å²) in [6.45, 7) is 4.78. The van der Waals surface area contributed by atoms with Crippen molar-refractivity contribution in [2.45, 2.75) is 76.7 Å². The first-order valence-electron chi connectivity index (χ1n) is 14.0. The van der Waals surface area contributed by atoms with E-state index in [1.54, 1.807) is 13.0 Å². The summed E-state index contributed by atoms with van der Waals surface area (Å²) >= 11 is 0. The molecule has 1 aliphatic heterocycles. The summed E-state index contributed by atoms with van der Waals surface area (Å²) in [6, 6.07) is 13.4. The summed E-state index contributed by atoms with van der Waals surface area (Å²) in [5, 5.41) is 64.4. The first-order chi connectivity index (χ1) is 19.9. The normalized spacial score (nSPS) is 24.2. The molecule has 1 heterocycles. The van der Waals surface area contributed by atoms with E-state index in [0.717, 1.165) is 11.6 Å². The number of ether oxygens (including phenoxy) is 2. The second-order valence-electron chi connectivity index (χ2n) is 11.4. The van der Waals surface area contributed by atoms with Crippen LogP contribution in [0, 0.1) is 12.8 Å². The van der Waals surface area contributed by atoms with Gasteiger partial charge in [-0.2, -0.15) is 0 Å². The lowest BCUT2D eigenvalue weighted by molar-refractivity contribution is -0.315. The fraction of sp³-hybridized carbons (Fsp3) is 0.438. The maximum Gasteiger partial charge on any atom is 0.335 e. The van der Waals surface area contributed by atoms with Crippen molar-refractivity contribution in [1.29, 1.82) is 0 Å². The van der Waals surface area contributed by atoms with Crippen LogP contribution in [-0.4, -0.2) is 79.2 Å². The van der Waals surface area contributed by atoms with Crippen molar-refractivity contribution in [3.8, 4) is 11.5 Å². The fourth-order valence-electron chi connectivity index (χ4n) is 5.47. The van der Waals surface area contributed by atoms with Gasteiger partial charge in [0, 0.05) is 6.42 Å². The molecule has 4 rings (SSSR count). The Kier molecular flexibility index (Phi) is 9.54. The number of carboxylic acids is 1. The summed E-state index contributed by atoms with van der Waals surface area (Å²) in [4.78, 5) is 25.2. The van der Waals surface area contributed by atoms with E-state index in [0.29, 0.717) is 18.4 Å². The summed E-state index contributed by atoms with van der Waals surface area (Å²) in [5.74, 6) is -2.10. The molecule has 10 heteroatoms. The van der Waals surface area contributed by atoms with Gasteiger partial charge in [0.15, 0.2) is 5.78 Å². The Bertz CT molecular complexity index is 1430. The second-order valence-corrected chi connectivity index (χ2v) is 11.4. The van der Waals surface area contributed by atoms with Crippen molar-refractivity contribution in [2.75, 3.05) is 6.61 Å². The van der Waals surface area contributed by atoms with E-state index < -0.39 is 48.5 Å². The number of aryl methyl sites for hydroxylation is 2. The lowest BCUT2D eigenvalue weighted by Gasteiger charge is -2.48. The Balaban J connectivity index is 1.72. The van der Waals surface area contributed by atoms with Crippen LogP contribution >= 0.6 is 0 Å². The molecule has 0 saturated carbocycles. The lowest BCUT2D eigenvalue weighted by Crippen LogP contribution is -2.67. The number of carbonyl (C=O) groups excluding carboxylic acids is 1. The molecule has 42 heavy (non-hydrogen) atoms. The second kappa shape index (κ2) is 12.8. The Morgan fingerprint density at radius 3 is 2.40 bits per heavy atom. The molecule has 0 amide bonds. The van der Waals surface area contributed by atoms with Gasteiger partial charge < -0.3 is 40.1 Å². The number of Topliss-reactive ketones (excluding diaryl/α,β-unsaturated/α-hetero) is 1. The molecule has 3 aromatic rings. The van der Waals surface area contributed by atoms with E-state index >= 15 is 0 Å². The number of aromatic hydroxyl groups is 1. The molecule has 1 saturated heterocycles. The molecule has 5 atom stereocenters. The highest BCUT2D eigenvalue weighted by atomic mass is 16.7. The highest BCUT2D eigenvalue weighted by molar-refractivity contribution is 6.09. The molecule has 0 unspecified atom stereocenters. The van der Waals surface area contributed by atoms with Crippen LogP contribution in [0.1, 0.15) is 65.0 Å². The van der Waals surface area contributed by atoms with Gasteiger partial charge >= 0.3 is 5.97 Å². The van der Waals surface area contributed by atoms with E-state index in [4.69, 9.17) is 9.47 Å². The number of phenols is 1. The van der Waals surface area contributed by atoms with Crippen LogP contribution in [-0.2, 0) is 11.2 Å². The molecule has 0 spiro atoms. The number of aliphatic hydroxyl groups is 4. The van der Waals surface area contributed by atoms with Crippen molar-refractivity contribution in [3.05, 3.63) is 70.8 Å². The summed E-state index contributed by atoms with van der Waals surface area (Å²) in [6.07, 6.45) is -5.49. The quantitative estimate of drug-likeness (QED) is 0.184. The molecule has 0 aliphatic carbocycles. The van der Waals surface area contributed by atoms with Crippen LogP contribution < -0.4 is 4.74 Å². The summed E-state index contributed by atoms with van der Waals surface area (Å²) in [5.41, 5.74) is -0.731. The topological polar surface area (TPSA) is 174 Å². The largest absolute Gasteiger partial charge is 0.506 e. The van der Waals surface area contributed by atoms with Gasteiger partial charge in [-0.15, -0.1) is 0 Å². The fourth-order valence-corrected chi connectivity index (χ4v) is 5.47. The smallest absolute Gasteiger partial charge is 0.335 e. The third kappa shape index (κ3) is 6.28. The number of ketones is 1. The number of phenolic OH excluding ortho intramolecular Hbond substituents is 1. The molecule has 0 radical (unpaired) electrons. The van der Waals surface area contributed by atoms with Crippen LogP contribution in [0.5, 0.6) is 11.5 Å². The molecule has 6 N–H and O–H groups in total. The minimum Gasteiger partial charge on any atom is -0.506 e. The van der Waals surface area contributed by atoms with Crippen molar-refractivity contribution >= 4 is 22.5 Å². The van der Waals surface area contributed by atoms with Crippen LogP contribution in [0.25, 0.3) is 10.8 Å². The number of hydrogen-bond acceptors (Lipinski definition) is 9. The predicted molar refractivity (Wildman–Crippen MR) is 154 cm³/mol. The Hall–Kier alpha value is -3.54. The van der Waals surface area contributed by atoms with E-state index in [1.807, 2.05) is 44.2 Å². The van der Waals surface area contributed by atoms with Crippen LogP contribution in [0.15, 0.2) is 48.5 Å². The average Bonchev–Trinajstić information content (AvgIpc) is 2.95. The maximum atomic E-state index is 13.3. The number of hydrogen-bond donors (Lipinski definition) is 6. The molecule has 226 valence electrons. The highest BCUT2D eigenvalue weighted by Gasteiger charge is 2.55. The molecule has 3 aromatic carbocycles. The molecule has 1 fully saturated rings. The number of benzene rings is 3. The van der Waals surface area contributed by atoms with E-state index in [9.17, 15) is 40.2 Å². The van der Waals surface area contributed by atoms with Gasteiger partial charge in [0.1, 0.15) is 35.4 Å². The average molecular weight is 583 g/mol. The van der Waals surface area contributed by atoms with Crippen molar-refractivity contribution in [1.82, 2.24) is 0 Å². The van der Waals surface area contributed by atoms with Gasteiger partial charge in [0.05, 0.1) is 23.1 Å². The molecule has 0 bridgehead atoms. The number of carboxylic acid groups (broad SMARTS) is 1. The number of fused-ring (bicyclic) bond motifs is 1. The van der Waals surface area contributed by atoms with Crippen LogP contribution in [0.3, 0.4) is 0 Å². The third-order valence-electron chi connectivity index (χ3n) is 7.88. The predicted octanol–water partition coefficient (Wildman–Crippen LogP) is 3.35. The Labute approximate surface area is 243 Å². The van der Waals surface area contributed by atoms with Crippen molar-refractivity contribution in [2.24, 2.45) is 5.92 Å². The number of aromatic carboxylic acids is 1. The summed E-state index contributed by atoms with van der Waals surface area (Å²) < 4.78 is 11.6. The van der Waals surface area contributed by atoms with Gasteiger partial charge in [-0.05, 0) is 60.7 Å². The zero-order valence-electron chi connectivity index (χ0n) is 23.9. The van der Waals surface area contributed by atoms with E-state index in [1.165, 1.54) is 6.07 Å². The molecule has 10 nitrogen and oxygen atoms in total. The SMILES string of the molecule is Cc1cc2cc(C(=O)O)cc(O[C@H]3O[C@H](CO)[C@](O)(CCC(C)C)[C@H](O)[C@H]3O)c2c(O)c1C(=O)CCc1ccccc1. The van der Waals surface area contributed by atoms with Crippen LogP contribution in [0.2, 0.25) is 0 Å².